The van der Waals surface area contributed by atoms with Crippen LogP contribution in [0.4, 0.5) is 0 Å². The highest BCUT2D eigenvalue weighted by atomic mass is 16.4. The van der Waals surface area contributed by atoms with Crippen molar-refractivity contribution in [1.82, 2.24) is 15.2 Å². The standard InChI is InChI=1S/C13H9N3O2/c17-13(18)11-5-9(8-1-4-15-16-7-8)6-12-10(11)2-3-14-12/h1-7,14H,(H,17,18). The summed E-state index contributed by atoms with van der Waals surface area (Å²) < 4.78 is 0. The van der Waals surface area contributed by atoms with Crippen molar-refractivity contribution in [1.29, 1.82) is 0 Å². The Labute approximate surface area is 102 Å². The maximum atomic E-state index is 11.3. The highest BCUT2D eigenvalue weighted by Crippen LogP contribution is 2.26. The van der Waals surface area contributed by atoms with Crippen molar-refractivity contribution < 1.29 is 9.90 Å². The Morgan fingerprint density at radius 2 is 2.06 bits per heavy atom. The molecule has 0 saturated carbocycles. The van der Waals surface area contributed by atoms with Gasteiger partial charge in [0.1, 0.15) is 0 Å². The number of benzene rings is 1. The quantitative estimate of drug-likeness (QED) is 0.719. The Hall–Kier alpha value is -2.69. The minimum absolute atomic E-state index is 0.278. The predicted molar refractivity (Wildman–Crippen MR) is 66.3 cm³/mol. The van der Waals surface area contributed by atoms with Crippen molar-refractivity contribution in [2.45, 2.75) is 0 Å². The molecule has 2 N–H and O–H groups in total. The zero-order chi connectivity index (χ0) is 12.5. The first kappa shape index (κ1) is 10.5. The van der Waals surface area contributed by atoms with E-state index in [9.17, 15) is 9.90 Å². The van der Waals surface area contributed by atoms with Crippen molar-refractivity contribution in [2.75, 3.05) is 0 Å². The van der Waals surface area contributed by atoms with Gasteiger partial charge < -0.3 is 10.1 Å². The molecule has 1 aromatic carbocycles. The van der Waals surface area contributed by atoms with Gasteiger partial charge in [0.2, 0.25) is 0 Å². The van der Waals surface area contributed by atoms with E-state index in [4.69, 9.17) is 0 Å². The van der Waals surface area contributed by atoms with Crippen LogP contribution < -0.4 is 0 Å². The fourth-order valence-corrected chi connectivity index (χ4v) is 1.97. The maximum absolute atomic E-state index is 11.3. The molecule has 0 bridgehead atoms. The number of hydrogen-bond acceptors (Lipinski definition) is 3. The number of carboxylic acid groups (broad SMARTS) is 1. The normalized spacial score (nSPS) is 10.7. The highest BCUT2D eigenvalue weighted by molar-refractivity contribution is 6.04. The molecule has 88 valence electrons. The van der Waals surface area contributed by atoms with E-state index in [0.717, 1.165) is 16.6 Å². The summed E-state index contributed by atoms with van der Waals surface area (Å²) in [5.74, 6) is -0.941. The lowest BCUT2D eigenvalue weighted by Crippen LogP contribution is -1.97. The zero-order valence-electron chi connectivity index (χ0n) is 9.29. The molecule has 0 atom stereocenters. The van der Waals surface area contributed by atoms with Gasteiger partial charge in [-0.2, -0.15) is 10.2 Å². The second-order valence-corrected chi connectivity index (χ2v) is 3.90. The summed E-state index contributed by atoms with van der Waals surface area (Å²) in [5.41, 5.74) is 2.71. The number of hydrogen-bond donors (Lipinski definition) is 2. The lowest BCUT2D eigenvalue weighted by atomic mass is 10.0. The molecule has 0 fully saturated rings. The second kappa shape index (κ2) is 3.96. The third-order valence-electron chi connectivity index (χ3n) is 2.82. The molecule has 5 nitrogen and oxygen atoms in total. The first-order valence-corrected chi connectivity index (χ1v) is 5.37. The number of nitrogens with zero attached hydrogens (tertiary/aromatic N) is 2. The van der Waals surface area contributed by atoms with Gasteiger partial charge in [-0.1, -0.05) is 0 Å². The fraction of sp³-hybridized carbons (Fsp3) is 0. The van der Waals surface area contributed by atoms with E-state index in [0.29, 0.717) is 5.39 Å². The van der Waals surface area contributed by atoms with Crippen molar-refractivity contribution in [2.24, 2.45) is 0 Å². The van der Waals surface area contributed by atoms with Crippen molar-refractivity contribution in [3.8, 4) is 11.1 Å². The fourth-order valence-electron chi connectivity index (χ4n) is 1.97. The predicted octanol–water partition coefficient (Wildman–Crippen LogP) is 2.32. The molecule has 0 radical (unpaired) electrons. The minimum atomic E-state index is -0.941. The van der Waals surface area contributed by atoms with E-state index in [1.165, 1.54) is 0 Å². The number of carboxylic acids is 1. The summed E-state index contributed by atoms with van der Waals surface area (Å²) in [5, 5.41) is 17.4. The van der Waals surface area contributed by atoms with Crippen LogP contribution in [0.3, 0.4) is 0 Å². The van der Waals surface area contributed by atoms with Crippen LogP contribution in [0.15, 0.2) is 42.9 Å². The van der Waals surface area contributed by atoms with E-state index in [2.05, 4.69) is 15.2 Å². The van der Waals surface area contributed by atoms with Gasteiger partial charge >= 0.3 is 5.97 Å². The molecule has 3 rings (SSSR count). The van der Waals surface area contributed by atoms with Crippen LogP contribution in [0, 0.1) is 0 Å². The molecule has 2 aromatic heterocycles. The average Bonchev–Trinajstić information content (AvgIpc) is 2.86. The number of rotatable bonds is 2. The minimum Gasteiger partial charge on any atom is -0.478 e. The molecule has 5 heteroatoms. The zero-order valence-corrected chi connectivity index (χ0v) is 9.29. The van der Waals surface area contributed by atoms with Gasteiger partial charge in [-0.15, -0.1) is 0 Å². The van der Waals surface area contributed by atoms with Crippen molar-refractivity contribution in [3.63, 3.8) is 0 Å². The van der Waals surface area contributed by atoms with E-state index in [-0.39, 0.29) is 5.56 Å². The Balaban J connectivity index is 2.29. The second-order valence-electron chi connectivity index (χ2n) is 3.90. The summed E-state index contributed by atoms with van der Waals surface area (Å²) in [6.45, 7) is 0. The monoisotopic (exact) mass is 239 g/mol. The van der Waals surface area contributed by atoms with Crippen molar-refractivity contribution in [3.05, 3.63) is 48.4 Å². The first-order valence-electron chi connectivity index (χ1n) is 5.37. The molecule has 18 heavy (non-hydrogen) atoms. The number of aromatic carboxylic acids is 1. The van der Waals surface area contributed by atoms with E-state index in [1.54, 1.807) is 36.8 Å². The van der Waals surface area contributed by atoms with Gasteiger partial charge in [0.05, 0.1) is 18.0 Å². The molecule has 0 spiro atoms. The van der Waals surface area contributed by atoms with Crippen LogP contribution in [0.1, 0.15) is 10.4 Å². The largest absolute Gasteiger partial charge is 0.478 e. The van der Waals surface area contributed by atoms with Gasteiger partial charge in [0, 0.05) is 22.7 Å². The lowest BCUT2D eigenvalue weighted by Gasteiger charge is -2.04. The first-order chi connectivity index (χ1) is 8.75. The third kappa shape index (κ3) is 1.62. The van der Waals surface area contributed by atoms with E-state index >= 15 is 0 Å². The van der Waals surface area contributed by atoms with Crippen LogP contribution >= 0.6 is 0 Å². The van der Waals surface area contributed by atoms with Crippen LogP contribution in [-0.2, 0) is 0 Å². The van der Waals surface area contributed by atoms with Crippen LogP contribution in [-0.4, -0.2) is 26.3 Å². The molecule has 0 amide bonds. The number of nitrogens with one attached hydrogen (secondary N) is 1. The van der Waals surface area contributed by atoms with E-state index in [1.807, 2.05) is 6.07 Å². The highest BCUT2D eigenvalue weighted by Gasteiger charge is 2.12. The molecular weight excluding hydrogens is 230 g/mol. The number of H-pyrrole nitrogens is 1. The van der Waals surface area contributed by atoms with Gasteiger partial charge in [-0.25, -0.2) is 4.79 Å². The summed E-state index contributed by atoms with van der Waals surface area (Å²) in [6.07, 6.45) is 4.91. The summed E-state index contributed by atoms with van der Waals surface area (Å²) >= 11 is 0. The third-order valence-corrected chi connectivity index (χ3v) is 2.82. The van der Waals surface area contributed by atoms with E-state index < -0.39 is 5.97 Å². The Bertz CT molecular complexity index is 719. The summed E-state index contributed by atoms with van der Waals surface area (Å²) in [7, 11) is 0. The SMILES string of the molecule is O=C(O)c1cc(-c2ccnnc2)cc2[nH]ccc12. The van der Waals surface area contributed by atoms with Crippen LogP contribution in [0.2, 0.25) is 0 Å². The van der Waals surface area contributed by atoms with Crippen LogP contribution in [0.5, 0.6) is 0 Å². The van der Waals surface area contributed by atoms with Gasteiger partial charge in [-0.05, 0) is 29.8 Å². The van der Waals surface area contributed by atoms with Crippen molar-refractivity contribution >= 4 is 16.9 Å². The molecule has 0 aliphatic carbocycles. The maximum Gasteiger partial charge on any atom is 0.336 e. The Kier molecular flexibility index (Phi) is 2.30. The molecule has 0 aliphatic heterocycles. The van der Waals surface area contributed by atoms with Crippen LogP contribution in [0.25, 0.3) is 22.0 Å². The Morgan fingerprint density at radius 1 is 1.17 bits per heavy atom. The molecule has 0 aliphatic rings. The lowest BCUT2D eigenvalue weighted by molar-refractivity contribution is 0.0699. The average molecular weight is 239 g/mol. The molecular formula is C13H9N3O2. The molecule has 0 saturated heterocycles. The molecule has 0 unspecified atom stereocenters. The van der Waals surface area contributed by atoms with Gasteiger partial charge in [-0.3, -0.25) is 0 Å². The number of fused-ring (bicyclic) bond motifs is 1. The smallest absolute Gasteiger partial charge is 0.336 e. The topological polar surface area (TPSA) is 78.9 Å². The summed E-state index contributed by atoms with van der Waals surface area (Å²) in [4.78, 5) is 14.3. The number of aromatic amines is 1. The van der Waals surface area contributed by atoms with Gasteiger partial charge in [0.15, 0.2) is 0 Å². The molecule has 2 heterocycles. The molecule has 3 aromatic rings. The Morgan fingerprint density at radius 3 is 2.78 bits per heavy atom. The number of carbonyl (C=O) groups is 1. The van der Waals surface area contributed by atoms with Gasteiger partial charge in [0.25, 0.3) is 0 Å². The summed E-state index contributed by atoms with van der Waals surface area (Å²) in [6, 6.07) is 7.10. The number of aromatic nitrogens is 3.